The number of aromatic nitrogens is 1. The van der Waals surface area contributed by atoms with E-state index in [1.807, 2.05) is 0 Å². The molecule has 1 saturated heterocycles. The molecule has 2 aromatic rings. The Morgan fingerprint density at radius 2 is 2.00 bits per heavy atom. The van der Waals surface area contributed by atoms with Crippen LogP contribution in [-0.4, -0.2) is 28.5 Å². The molecule has 0 bridgehead atoms. The van der Waals surface area contributed by atoms with E-state index in [0.29, 0.717) is 39.2 Å². The number of amides is 3. The molecule has 6 nitrogen and oxygen atoms in total. The van der Waals surface area contributed by atoms with Gasteiger partial charge in [-0.3, -0.25) is 9.69 Å². The fourth-order valence-electron chi connectivity index (χ4n) is 2.44. The lowest BCUT2D eigenvalue weighted by molar-refractivity contribution is -0.129. The lowest BCUT2D eigenvalue weighted by Crippen LogP contribution is -2.49. The molecule has 3 rings (SSSR count). The van der Waals surface area contributed by atoms with Crippen molar-refractivity contribution in [2.45, 2.75) is 19.9 Å². The molecule has 0 radical (unpaired) electrons. The van der Waals surface area contributed by atoms with Crippen LogP contribution in [0.15, 0.2) is 22.7 Å². The third-order valence-corrected chi connectivity index (χ3v) is 4.29. The number of rotatable bonds is 3. The molecular weight excluding hydrogens is 341 g/mol. The number of nitrogens with one attached hydrogen (secondary N) is 1. The van der Waals surface area contributed by atoms with Gasteiger partial charge in [-0.25, -0.2) is 4.79 Å². The van der Waals surface area contributed by atoms with Gasteiger partial charge >= 0.3 is 6.03 Å². The van der Waals surface area contributed by atoms with Gasteiger partial charge in [-0.2, -0.15) is 0 Å². The minimum atomic E-state index is -0.432. The molecule has 1 aromatic heterocycles. The zero-order valence-corrected chi connectivity index (χ0v) is 13.7. The van der Waals surface area contributed by atoms with E-state index in [0.717, 1.165) is 4.90 Å². The smallest absolute Gasteiger partial charge is 0.324 e. The summed E-state index contributed by atoms with van der Waals surface area (Å²) in [6, 6.07) is 4.67. The first-order valence-electron chi connectivity index (χ1n) is 6.96. The van der Waals surface area contributed by atoms with Gasteiger partial charge in [0, 0.05) is 24.1 Å². The summed E-state index contributed by atoms with van der Waals surface area (Å²) in [5, 5.41) is 7.49. The zero-order chi connectivity index (χ0) is 16.6. The maximum absolute atomic E-state index is 12.0. The maximum Gasteiger partial charge on any atom is 0.324 e. The molecule has 3 amide bonds. The van der Waals surface area contributed by atoms with Gasteiger partial charge in [0.2, 0.25) is 5.91 Å². The molecule has 2 heterocycles. The molecule has 23 heavy (non-hydrogen) atoms. The van der Waals surface area contributed by atoms with Crippen molar-refractivity contribution in [3.05, 3.63) is 39.6 Å². The fourth-order valence-corrected chi connectivity index (χ4v) is 3.01. The van der Waals surface area contributed by atoms with E-state index in [9.17, 15) is 9.59 Å². The first-order valence-corrected chi connectivity index (χ1v) is 7.72. The van der Waals surface area contributed by atoms with Gasteiger partial charge in [0.25, 0.3) is 0 Å². The van der Waals surface area contributed by atoms with E-state index >= 15 is 0 Å². The number of hydrogen-bond acceptors (Lipinski definition) is 4. The molecule has 1 N–H and O–H groups in total. The number of hydrogen-bond donors (Lipinski definition) is 1. The molecule has 1 aliphatic rings. The summed E-state index contributed by atoms with van der Waals surface area (Å²) in [4.78, 5) is 25.0. The van der Waals surface area contributed by atoms with Gasteiger partial charge in [0.15, 0.2) is 0 Å². The summed E-state index contributed by atoms with van der Waals surface area (Å²) in [5.74, 6) is 0.257. The Balaban J connectivity index is 2.03. The summed E-state index contributed by atoms with van der Waals surface area (Å²) in [6.45, 7) is 2.11. The predicted molar refractivity (Wildman–Crippen MR) is 85.3 cm³/mol. The highest BCUT2D eigenvalue weighted by atomic mass is 35.5. The molecule has 1 aromatic carbocycles. The van der Waals surface area contributed by atoms with Gasteiger partial charge < -0.3 is 9.84 Å². The Hall–Kier alpha value is -2.05. The normalized spacial score (nSPS) is 15.0. The van der Waals surface area contributed by atoms with Crippen molar-refractivity contribution >= 4 is 35.1 Å². The minimum absolute atomic E-state index is 0.0525. The van der Waals surface area contributed by atoms with Crippen molar-refractivity contribution in [2.24, 2.45) is 0 Å². The van der Waals surface area contributed by atoms with Crippen LogP contribution in [0.1, 0.15) is 17.7 Å². The van der Waals surface area contributed by atoms with Crippen molar-refractivity contribution in [1.29, 1.82) is 0 Å². The Morgan fingerprint density at radius 1 is 1.30 bits per heavy atom. The number of urea groups is 1. The molecule has 0 spiro atoms. The van der Waals surface area contributed by atoms with Gasteiger partial charge in [-0.15, -0.1) is 0 Å². The van der Waals surface area contributed by atoms with Crippen LogP contribution in [0.2, 0.25) is 10.0 Å². The summed E-state index contributed by atoms with van der Waals surface area (Å²) >= 11 is 12.4. The lowest BCUT2D eigenvalue weighted by atomic mass is 10.1. The van der Waals surface area contributed by atoms with Crippen LogP contribution in [0.4, 0.5) is 4.79 Å². The number of carbonyl (C=O) groups is 2. The van der Waals surface area contributed by atoms with Crippen molar-refractivity contribution in [1.82, 2.24) is 15.4 Å². The number of benzene rings is 1. The molecule has 1 fully saturated rings. The van der Waals surface area contributed by atoms with Crippen molar-refractivity contribution < 1.29 is 14.1 Å². The largest absolute Gasteiger partial charge is 0.361 e. The number of nitrogens with zero attached hydrogens (tertiary/aromatic N) is 2. The van der Waals surface area contributed by atoms with Crippen LogP contribution >= 0.6 is 23.2 Å². The Bertz CT molecular complexity index is 752. The predicted octanol–water partition coefficient (Wildman–Crippen LogP) is 3.40. The van der Waals surface area contributed by atoms with Crippen LogP contribution in [-0.2, 0) is 11.3 Å². The number of halogens is 2. The Morgan fingerprint density at radius 3 is 2.65 bits per heavy atom. The summed E-state index contributed by atoms with van der Waals surface area (Å²) in [6.07, 6.45) is 0.262. The highest BCUT2D eigenvalue weighted by Gasteiger charge is 2.29. The highest BCUT2D eigenvalue weighted by molar-refractivity contribution is 6.39. The first kappa shape index (κ1) is 15.8. The van der Waals surface area contributed by atoms with Gasteiger partial charge in [-0.1, -0.05) is 34.4 Å². The van der Waals surface area contributed by atoms with Crippen molar-refractivity contribution in [3.63, 3.8) is 0 Å². The quantitative estimate of drug-likeness (QED) is 0.917. The zero-order valence-electron chi connectivity index (χ0n) is 12.2. The van der Waals surface area contributed by atoms with E-state index in [1.54, 1.807) is 25.1 Å². The van der Waals surface area contributed by atoms with Gasteiger partial charge in [0.05, 0.1) is 16.6 Å². The van der Waals surface area contributed by atoms with Crippen LogP contribution in [0.5, 0.6) is 0 Å². The average Bonchev–Trinajstić information content (AvgIpc) is 2.84. The van der Waals surface area contributed by atoms with E-state index in [2.05, 4.69) is 10.5 Å². The second-order valence-corrected chi connectivity index (χ2v) is 5.94. The number of imide groups is 1. The number of aryl methyl sites for hydroxylation is 1. The summed E-state index contributed by atoms with van der Waals surface area (Å²) < 4.78 is 5.24. The molecular formula is C15H13Cl2N3O3. The standard InChI is InChI=1S/C15H13Cl2N3O3/c1-8-9(7-20-12(21)5-6-18-15(20)22)14(19-23-8)13-10(16)3-2-4-11(13)17/h2-4H,5-7H2,1H3,(H,18,22). The summed E-state index contributed by atoms with van der Waals surface area (Å²) in [7, 11) is 0. The van der Waals surface area contributed by atoms with Crippen LogP contribution in [0.3, 0.4) is 0 Å². The summed E-state index contributed by atoms with van der Waals surface area (Å²) in [5.41, 5.74) is 1.56. The third kappa shape index (κ3) is 2.92. The molecule has 0 unspecified atom stereocenters. The highest BCUT2D eigenvalue weighted by Crippen LogP contribution is 2.37. The van der Waals surface area contributed by atoms with E-state index in [1.165, 1.54) is 0 Å². The molecule has 1 aliphatic heterocycles. The lowest BCUT2D eigenvalue weighted by Gasteiger charge is -2.25. The van der Waals surface area contributed by atoms with E-state index in [-0.39, 0.29) is 18.9 Å². The van der Waals surface area contributed by atoms with Crippen molar-refractivity contribution in [3.8, 4) is 11.3 Å². The fraction of sp³-hybridized carbons (Fsp3) is 0.267. The maximum atomic E-state index is 12.0. The Labute approximate surface area is 142 Å². The second kappa shape index (κ2) is 6.22. The SMILES string of the molecule is Cc1onc(-c2c(Cl)cccc2Cl)c1CN1C(=O)CCNC1=O. The minimum Gasteiger partial charge on any atom is -0.361 e. The average molecular weight is 354 g/mol. The van der Waals surface area contributed by atoms with Crippen LogP contribution < -0.4 is 5.32 Å². The third-order valence-electron chi connectivity index (χ3n) is 3.66. The topological polar surface area (TPSA) is 75.4 Å². The van der Waals surface area contributed by atoms with Gasteiger partial charge in [-0.05, 0) is 19.1 Å². The Kier molecular flexibility index (Phi) is 4.28. The first-order chi connectivity index (χ1) is 11.0. The molecule has 8 heteroatoms. The molecule has 0 atom stereocenters. The molecule has 0 aliphatic carbocycles. The molecule has 120 valence electrons. The van der Waals surface area contributed by atoms with E-state index < -0.39 is 6.03 Å². The van der Waals surface area contributed by atoms with Crippen LogP contribution in [0.25, 0.3) is 11.3 Å². The monoisotopic (exact) mass is 353 g/mol. The molecule has 0 saturated carbocycles. The number of carbonyl (C=O) groups excluding carboxylic acids is 2. The van der Waals surface area contributed by atoms with Crippen molar-refractivity contribution in [2.75, 3.05) is 6.54 Å². The van der Waals surface area contributed by atoms with Crippen LogP contribution in [0, 0.1) is 6.92 Å². The van der Waals surface area contributed by atoms with Gasteiger partial charge in [0.1, 0.15) is 11.5 Å². The van der Waals surface area contributed by atoms with E-state index in [4.69, 9.17) is 27.7 Å². The second-order valence-electron chi connectivity index (χ2n) is 5.12.